The highest BCUT2D eigenvalue weighted by Gasteiger charge is 2.33. The van der Waals surface area contributed by atoms with Crippen LogP contribution in [-0.4, -0.2) is 11.2 Å². The van der Waals surface area contributed by atoms with Crippen molar-refractivity contribution < 1.29 is 18.0 Å². The van der Waals surface area contributed by atoms with Gasteiger partial charge in [-0.05, 0) is 74.3 Å². The first-order valence-electron chi connectivity index (χ1n) is 11.0. The fourth-order valence-electron chi connectivity index (χ4n) is 4.77. The first-order chi connectivity index (χ1) is 14.4. The highest BCUT2D eigenvalue weighted by molar-refractivity contribution is 7.31. The Hall–Kier alpha value is -1.74. The molecule has 1 N–H and O–H groups in total. The topological polar surface area (TPSA) is 55.7 Å². The molecule has 0 radical (unpaired) electrons. The second-order valence-electron chi connectivity index (χ2n) is 9.33. The fraction of sp³-hybridized carbons (Fsp3) is 0.520. The zero-order chi connectivity index (χ0) is 21.4. The highest BCUT2D eigenvalue weighted by Crippen LogP contribution is 2.41. The monoisotopic (exact) mass is 428 g/mol. The minimum atomic E-state index is -1.62. The SMILES string of the molecule is Cc1ccc2op(OC3CC(C)CCC3C(C)C)oc3c(CO)cc(C)cc3c2c1. The average Bonchev–Trinajstić information content (AvgIpc) is 2.84. The zero-order valence-electron chi connectivity index (χ0n) is 18.6. The quantitative estimate of drug-likeness (QED) is 0.474. The fourth-order valence-corrected chi connectivity index (χ4v) is 6.04. The summed E-state index contributed by atoms with van der Waals surface area (Å²) in [6.07, 6.45) is 3.59. The first-order valence-corrected chi connectivity index (χ1v) is 12.1. The Morgan fingerprint density at radius 3 is 2.57 bits per heavy atom. The van der Waals surface area contributed by atoms with Gasteiger partial charge < -0.3 is 13.5 Å². The Bertz CT molecular complexity index is 1090. The van der Waals surface area contributed by atoms with Gasteiger partial charge in [0.15, 0.2) is 0 Å². The Labute approximate surface area is 179 Å². The predicted molar refractivity (Wildman–Crippen MR) is 123 cm³/mol. The van der Waals surface area contributed by atoms with Gasteiger partial charge in [0, 0.05) is 16.3 Å². The van der Waals surface area contributed by atoms with Crippen LogP contribution in [0.1, 0.15) is 56.7 Å². The molecule has 0 bridgehead atoms. The van der Waals surface area contributed by atoms with Gasteiger partial charge in [-0.1, -0.05) is 38.8 Å². The third-order valence-corrected chi connectivity index (χ3v) is 7.55. The number of hydrogen-bond acceptors (Lipinski definition) is 4. The van der Waals surface area contributed by atoms with Crippen molar-refractivity contribution in [2.24, 2.45) is 17.8 Å². The number of aliphatic hydroxyl groups is 1. The van der Waals surface area contributed by atoms with Gasteiger partial charge >= 0.3 is 8.24 Å². The third-order valence-electron chi connectivity index (χ3n) is 6.43. The lowest BCUT2D eigenvalue weighted by Crippen LogP contribution is -2.35. The Kier molecular flexibility index (Phi) is 6.29. The summed E-state index contributed by atoms with van der Waals surface area (Å²) >= 11 is 0. The molecule has 1 aromatic heterocycles. The molecule has 2 aromatic carbocycles. The lowest BCUT2D eigenvalue weighted by Gasteiger charge is -2.35. The van der Waals surface area contributed by atoms with Crippen LogP contribution in [0.3, 0.4) is 0 Å². The van der Waals surface area contributed by atoms with Crippen molar-refractivity contribution in [2.45, 2.75) is 66.6 Å². The normalized spacial score (nSPS) is 22.8. The van der Waals surface area contributed by atoms with E-state index < -0.39 is 8.24 Å². The summed E-state index contributed by atoms with van der Waals surface area (Å²) in [5, 5.41) is 12.0. The molecule has 1 heterocycles. The van der Waals surface area contributed by atoms with Gasteiger partial charge in [0.1, 0.15) is 11.2 Å². The number of rotatable bonds is 4. The molecule has 0 amide bonds. The average molecular weight is 429 g/mol. The summed E-state index contributed by atoms with van der Waals surface area (Å²) in [6.45, 7) is 10.9. The van der Waals surface area contributed by atoms with Crippen LogP contribution in [0.2, 0.25) is 0 Å². The molecule has 1 fully saturated rings. The van der Waals surface area contributed by atoms with Crippen molar-refractivity contribution in [3.8, 4) is 0 Å². The van der Waals surface area contributed by atoms with Crippen LogP contribution in [0.25, 0.3) is 21.9 Å². The molecule has 4 rings (SSSR count). The molecule has 30 heavy (non-hydrogen) atoms. The van der Waals surface area contributed by atoms with Gasteiger partial charge in [-0.3, -0.25) is 4.52 Å². The van der Waals surface area contributed by atoms with E-state index in [-0.39, 0.29) is 12.7 Å². The summed E-state index contributed by atoms with van der Waals surface area (Å²) in [5.74, 6) is 1.71. The van der Waals surface area contributed by atoms with E-state index in [0.29, 0.717) is 23.3 Å². The summed E-state index contributed by atoms with van der Waals surface area (Å²) in [6, 6.07) is 10.3. The molecule has 4 atom stereocenters. The van der Waals surface area contributed by atoms with Gasteiger partial charge in [-0.15, -0.1) is 0 Å². The predicted octanol–water partition coefficient (Wildman–Crippen LogP) is 7.29. The van der Waals surface area contributed by atoms with Crippen LogP contribution in [0, 0.1) is 31.6 Å². The van der Waals surface area contributed by atoms with E-state index in [1.807, 2.05) is 19.1 Å². The van der Waals surface area contributed by atoms with E-state index in [9.17, 15) is 5.11 Å². The number of fused-ring (bicyclic) bond motifs is 3. The van der Waals surface area contributed by atoms with Gasteiger partial charge in [-0.2, -0.15) is 0 Å². The summed E-state index contributed by atoms with van der Waals surface area (Å²) in [5.41, 5.74) is 4.48. The molecule has 1 saturated carbocycles. The van der Waals surface area contributed by atoms with Crippen LogP contribution in [-0.2, 0) is 6.61 Å². The number of benzene rings is 2. The Balaban J connectivity index is 1.91. The first kappa shape index (κ1) is 21.5. The molecule has 0 saturated heterocycles. The molecule has 4 nitrogen and oxygen atoms in total. The van der Waals surface area contributed by atoms with Crippen molar-refractivity contribution >= 4 is 30.2 Å². The summed E-state index contributed by atoms with van der Waals surface area (Å²) in [7, 11) is -1.62. The maximum absolute atomic E-state index is 10.0. The van der Waals surface area contributed by atoms with Crippen LogP contribution in [0.5, 0.6) is 0 Å². The molecule has 1 aliphatic rings. The summed E-state index contributed by atoms with van der Waals surface area (Å²) in [4.78, 5) is 0. The third kappa shape index (κ3) is 4.32. The molecule has 0 aliphatic heterocycles. The molecule has 1 aliphatic carbocycles. The molecular formula is C25H33O4P. The van der Waals surface area contributed by atoms with Crippen LogP contribution >= 0.6 is 8.24 Å². The second-order valence-corrected chi connectivity index (χ2v) is 10.4. The Morgan fingerprint density at radius 2 is 1.83 bits per heavy atom. The van der Waals surface area contributed by atoms with Crippen molar-refractivity contribution in [1.82, 2.24) is 0 Å². The van der Waals surface area contributed by atoms with E-state index in [1.54, 1.807) is 0 Å². The van der Waals surface area contributed by atoms with E-state index >= 15 is 0 Å². The zero-order valence-corrected chi connectivity index (χ0v) is 19.5. The lowest BCUT2D eigenvalue weighted by molar-refractivity contribution is 0.0746. The molecule has 3 aromatic rings. The molecule has 5 heteroatoms. The molecule has 4 unspecified atom stereocenters. The van der Waals surface area contributed by atoms with Gasteiger partial charge in [-0.25, -0.2) is 0 Å². The van der Waals surface area contributed by atoms with Crippen molar-refractivity contribution in [1.29, 1.82) is 0 Å². The van der Waals surface area contributed by atoms with Crippen molar-refractivity contribution in [3.05, 3.63) is 47.0 Å². The second kappa shape index (κ2) is 8.78. The standard InChI is InChI=1S/C25H33O4P/c1-15(2)20-8-6-17(4)13-24(20)28-30-27-23-9-7-16(3)11-21(23)22-12-18(5)10-19(14-26)25(22)29-30/h7,9-12,15,17,20,24,26H,6,8,13-14H2,1-5H3. The van der Waals surface area contributed by atoms with E-state index in [0.717, 1.165) is 39.5 Å². The maximum atomic E-state index is 10.0. The Morgan fingerprint density at radius 1 is 1.07 bits per heavy atom. The molecule has 0 spiro atoms. The van der Waals surface area contributed by atoms with Crippen LogP contribution in [0.4, 0.5) is 0 Å². The van der Waals surface area contributed by atoms with Crippen LogP contribution in [0.15, 0.2) is 38.7 Å². The van der Waals surface area contributed by atoms with Gasteiger partial charge in [0.2, 0.25) is 0 Å². The lowest BCUT2D eigenvalue weighted by atomic mass is 9.75. The van der Waals surface area contributed by atoms with Crippen molar-refractivity contribution in [2.75, 3.05) is 0 Å². The molecule has 162 valence electrons. The van der Waals surface area contributed by atoms with Crippen molar-refractivity contribution in [3.63, 3.8) is 0 Å². The molecular weight excluding hydrogens is 395 g/mol. The minimum Gasteiger partial charge on any atom is -0.399 e. The van der Waals surface area contributed by atoms with Gasteiger partial charge in [0.05, 0.1) is 12.7 Å². The van der Waals surface area contributed by atoms with Crippen LogP contribution < -0.4 is 4.52 Å². The number of aliphatic hydroxyl groups excluding tert-OH is 1. The van der Waals surface area contributed by atoms with E-state index in [1.165, 1.54) is 12.8 Å². The summed E-state index contributed by atoms with van der Waals surface area (Å²) < 4.78 is 19.3. The minimum absolute atomic E-state index is 0.0799. The van der Waals surface area contributed by atoms with E-state index in [2.05, 4.69) is 45.9 Å². The highest BCUT2D eigenvalue weighted by atomic mass is 31.1. The number of hydrogen-bond donors (Lipinski definition) is 1. The van der Waals surface area contributed by atoms with Gasteiger partial charge in [0.25, 0.3) is 0 Å². The van der Waals surface area contributed by atoms with E-state index in [4.69, 9.17) is 12.9 Å². The maximum Gasteiger partial charge on any atom is 0.387 e. The smallest absolute Gasteiger partial charge is 0.387 e. The number of aryl methyl sites for hydroxylation is 2. The largest absolute Gasteiger partial charge is 0.399 e.